The van der Waals surface area contributed by atoms with E-state index in [1.807, 2.05) is 12.1 Å². The lowest BCUT2D eigenvalue weighted by atomic mass is 9.81. The summed E-state index contributed by atoms with van der Waals surface area (Å²) in [6, 6.07) is 5.89. The first-order valence-corrected chi connectivity index (χ1v) is 8.64. The first-order chi connectivity index (χ1) is 9.67. The maximum Gasteiger partial charge on any atom is 0.127 e. The molecule has 3 rings (SSSR count). The van der Waals surface area contributed by atoms with Crippen molar-refractivity contribution >= 4 is 15.9 Å². The molecule has 2 aliphatic rings. The lowest BCUT2D eigenvalue weighted by Gasteiger charge is -2.31. The topological polar surface area (TPSA) is 12.0 Å². The lowest BCUT2D eigenvalue weighted by Crippen LogP contribution is -2.40. The Kier molecular flexibility index (Phi) is 4.46. The van der Waals surface area contributed by atoms with Crippen LogP contribution in [0.2, 0.25) is 0 Å². The number of nitrogens with one attached hydrogen (secondary N) is 1. The summed E-state index contributed by atoms with van der Waals surface area (Å²) in [6.07, 6.45) is 6.39. The summed E-state index contributed by atoms with van der Waals surface area (Å²) in [5, 5.41) is 3.62. The third kappa shape index (κ3) is 2.94. The van der Waals surface area contributed by atoms with Crippen LogP contribution < -0.4 is 5.32 Å². The standard InChI is InChI=1S/C17H23BrFN/c1-2-20-17(15-8-11-3-4-12(15)7-11)9-13-5-6-14(18)10-16(13)19/h5-6,10-12,15,17,20H,2-4,7-9H2,1H3. The van der Waals surface area contributed by atoms with Crippen molar-refractivity contribution < 1.29 is 4.39 Å². The highest BCUT2D eigenvalue weighted by molar-refractivity contribution is 9.10. The molecule has 0 amide bonds. The molecule has 4 unspecified atom stereocenters. The van der Waals surface area contributed by atoms with Gasteiger partial charge in [0.1, 0.15) is 5.82 Å². The van der Waals surface area contributed by atoms with Crippen LogP contribution in [0.1, 0.15) is 38.2 Å². The van der Waals surface area contributed by atoms with E-state index in [4.69, 9.17) is 0 Å². The first kappa shape index (κ1) is 14.5. The van der Waals surface area contributed by atoms with Crippen molar-refractivity contribution in [1.82, 2.24) is 5.32 Å². The van der Waals surface area contributed by atoms with Gasteiger partial charge in [-0.05, 0) is 67.7 Å². The van der Waals surface area contributed by atoms with Gasteiger partial charge in [-0.1, -0.05) is 35.3 Å². The Bertz CT molecular complexity index is 476. The molecule has 2 aliphatic carbocycles. The third-order valence-corrected chi connectivity index (χ3v) is 5.72. The van der Waals surface area contributed by atoms with E-state index in [0.29, 0.717) is 6.04 Å². The monoisotopic (exact) mass is 339 g/mol. The van der Waals surface area contributed by atoms with E-state index in [0.717, 1.165) is 40.8 Å². The minimum Gasteiger partial charge on any atom is -0.314 e. The fourth-order valence-electron chi connectivity index (χ4n) is 4.35. The van der Waals surface area contributed by atoms with Crippen molar-refractivity contribution in [3.63, 3.8) is 0 Å². The molecule has 1 aromatic rings. The maximum absolute atomic E-state index is 14.1. The molecule has 0 saturated heterocycles. The highest BCUT2D eigenvalue weighted by atomic mass is 79.9. The second-order valence-corrected chi connectivity index (χ2v) is 7.36. The van der Waals surface area contributed by atoms with Gasteiger partial charge in [-0.3, -0.25) is 0 Å². The van der Waals surface area contributed by atoms with E-state index in [1.165, 1.54) is 25.7 Å². The summed E-state index contributed by atoms with van der Waals surface area (Å²) in [4.78, 5) is 0. The molecule has 4 atom stereocenters. The molecule has 1 aromatic carbocycles. The van der Waals surface area contributed by atoms with E-state index in [1.54, 1.807) is 6.07 Å². The Morgan fingerprint density at radius 3 is 2.80 bits per heavy atom. The smallest absolute Gasteiger partial charge is 0.127 e. The number of fused-ring (bicyclic) bond motifs is 2. The van der Waals surface area contributed by atoms with E-state index in [-0.39, 0.29) is 5.82 Å². The number of rotatable bonds is 5. The molecule has 1 nitrogen and oxygen atoms in total. The molecular weight excluding hydrogens is 317 g/mol. The van der Waals surface area contributed by atoms with Gasteiger partial charge in [0.15, 0.2) is 0 Å². The normalized spacial score (nSPS) is 29.9. The zero-order valence-electron chi connectivity index (χ0n) is 12.0. The van der Waals surface area contributed by atoms with Crippen LogP contribution in [0.3, 0.4) is 0 Å². The highest BCUT2D eigenvalue weighted by Gasteiger charge is 2.42. The van der Waals surface area contributed by atoms with E-state index in [2.05, 4.69) is 28.2 Å². The van der Waals surface area contributed by atoms with Gasteiger partial charge < -0.3 is 5.32 Å². The second-order valence-electron chi connectivity index (χ2n) is 6.44. The van der Waals surface area contributed by atoms with Crippen molar-refractivity contribution in [3.8, 4) is 0 Å². The molecule has 20 heavy (non-hydrogen) atoms. The molecule has 2 bridgehead atoms. The van der Waals surface area contributed by atoms with Crippen LogP contribution in [0.5, 0.6) is 0 Å². The minimum absolute atomic E-state index is 0.0783. The Morgan fingerprint density at radius 1 is 1.35 bits per heavy atom. The van der Waals surface area contributed by atoms with Gasteiger partial charge in [-0.15, -0.1) is 0 Å². The SMILES string of the molecule is CCNC(Cc1ccc(Br)cc1F)C1CC2CCC1C2. The Balaban J connectivity index is 1.74. The summed E-state index contributed by atoms with van der Waals surface area (Å²) in [6.45, 7) is 3.12. The van der Waals surface area contributed by atoms with Crippen molar-refractivity contribution in [2.75, 3.05) is 6.54 Å². The molecule has 0 spiro atoms. The Hall–Kier alpha value is -0.410. The van der Waals surface area contributed by atoms with E-state index in [9.17, 15) is 4.39 Å². The average Bonchev–Trinajstić information content (AvgIpc) is 3.03. The molecule has 0 heterocycles. The van der Waals surface area contributed by atoms with Gasteiger partial charge in [0.25, 0.3) is 0 Å². The van der Waals surface area contributed by atoms with Crippen molar-refractivity contribution in [1.29, 1.82) is 0 Å². The summed E-state index contributed by atoms with van der Waals surface area (Å²) in [7, 11) is 0. The molecule has 2 fully saturated rings. The number of hydrogen-bond acceptors (Lipinski definition) is 1. The molecular formula is C17H23BrFN. The number of benzene rings is 1. The predicted molar refractivity (Wildman–Crippen MR) is 84.2 cm³/mol. The third-order valence-electron chi connectivity index (χ3n) is 5.23. The summed E-state index contributed by atoms with van der Waals surface area (Å²) >= 11 is 3.33. The predicted octanol–water partition coefficient (Wildman–Crippen LogP) is 4.55. The van der Waals surface area contributed by atoms with Gasteiger partial charge in [0, 0.05) is 10.5 Å². The molecule has 2 saturated carbocycles. The molecule has 110 valence electrons. The van der Waals surface area contributed by atoms with Crippen LogP contribution in [0.15, 0.2) is 22.7 Å². The van der Waals surface area contributed by atoms with Gasteiger partial charge in [-0.2, -0.15) is 0 Å². The molecule has 0 aliphatic heterocycles. The molecule has 3 heteroatoms. The summed E-state index contributed by atoms with van der Waals surface area (Å²) < 4.78 is 14.9. The minimum atomic E-state index is -0.0783. The first-order valence-electron chi connectivity index (χ1n) is 7.84. The van der Waals surface area contributed by atoms with Crippen LogP contribution in [-0.2, 0) is 6.42 Å². The number of halogens is 2. The van der Waals surface area contributed by atoms with Crippen LogP contribution >= 0.6 is 15.9 Å². The van der Waals surface area contributed by atoms with Crippen molar-refractivity contribution in [2.45, 2.75) is 45.1 Å². The maximum atomic E-state index is 14.1. The van der Waals surface area contributed by atoms with Crippen LogP contribution in [-0.4, -0.2) is 12.6 Å². The van der Waals surface area contributed by atoms with Crippen LogP contribution in [0, 0.1) is 23.6 Å². The van der Waals surface area contributed by atoms with Crippen molar-refractivity contribution in [3.05, 3.63) is 34.1 Å². The van der Waals surface area contributed by atoms with Crippen molar-refractivity contribution in [2.24, 2.45) is 17.8 Å². The molecule has 0 radical (unpaired) electrons. The van der Waals surface area contributed by atoms with Gasteiger partial charge in [0.2, 0.25) is 0 Å². The molecule has 0 aromatic heterocycles. The fourth-order valence-corrected chi connectivity index (χ4v) is 4.68. The highest BCUT2D eigenvalue weighted by Crippen LogP contribution is 2.49. The lowest BCUT2D eigenvalue weighted by molar-refractivity contribution is 0.248. The fraction of sp³-hybridized carbons (Fsp3) is 0.647. The molecule has 1 N–H and O–H groups in total. The summed E-state index contributed by atoms with van der Waals surface area (Å²) in [5.41, 5.74) is 0.849. The number of hydrogen-bond donors (Lipinski definition) is 1. The largest absolute Gasteiger partial charge is 0.314 e. The van der Waals surface area contributed by atoms with Crippen LogP contribution in [0.4, 0.5) is 4.39 Å². The summed E-state index contributed by atoms with van der Waals surface area (Å²) in [5.74, 6) is 2.49. The van der Waals surface area contributed by atoms with Gasteiger partial charge in [0.05, 0.1) is 0 Å². The zero-order valence-corrected chi connectivity index (χ0v) is 13.6. The zero-order chi connectivity index (χ0) is 14.1. The van der Waals surface area contributed by atoms with Crippen LogP contribution in [0.25, 0.3) is 0 Å². The number of likely N-dealkylation sites (N-methyl/N-ethyl adjacent to an activating group) is 1. The van der Waals surface area contributed by atoms with E-state index >= 15 is 0 Å². The Labute approximate surface area is 129 Å². The quantitative estimate of drug-likeness (QED) is 0.829. The average molecular weight is 340 g/mol. The van der Waals surface area contributed by atoms with E-state index < -0.39 is 0 Å². The van der Waals surface area contributed by atoms with Gasteiger partial charge in [-0.25, -0.2) is 4.39 Å². The Morgan fingerprint density at radius 2 is 2.20 bits per heavy atom. The second kappa shape index (κ2) is 6.15. The van der Waals surface area contributed by atoms with Gasteiger partial charge >= 0.3 is 0 Å².